The van der Waals surface area contributed by atoms with Crippen LogP contribution in [0.4, 0.5) is 0 Å². The number of amides is 2. The van der Waals surface area contributed by atoms with Gasteiger partial charge in [0.1, 0.15) is 0 Å². The second-order valence-corrected chi connectivity index (χ2v) is 10.9. The van der Waals surface area contributed by atoms with Gasteiger partial charge in [-0.25, -0.2) is 0 Å². The van der Waals surface area contributed by atoms with Crippen molar-refractivity contribution in [2.45, 2.75) is 44.1 Å². The van der Waals surface area contributed by atoms with Crippen molar-refractivity contribution >= 4 is 50.7 Å². The maximum Gasteiger partial charge on any atom is 0.255 e. The largest absolute Gasteiger partial charge is 0.380 e. The first kappa shape index (κ1) is 25.9. The molecule has 1 aromatic heterocycles. The van der Waals surface area contributed by atoms with E-state index < -0.39 is 24.0 Å². The molecule has 3 atom stereocenters. The molecule has 184 valence electrons. The zero-order valence-corrected chi connectivity index (χ0v) is 22.0. The van der Waals surface area contributed by atoms with Crippen LogP contribution >= 0.6 is 38.9 Å². The summed E-state index contributed by atoms with van der Waals surface area (Å²) in [6.07, 6.45) is -1.47. The highest BCUT2D eigenvalue weighted by atomic mass is 79.9. The van der Waals surface area contributed by atoms with Crippen LogP contribution in [-0.2, 0) is 22.6 Å². The molecular formula is C26H26BrClN2O4S. The van der Waals surface area contributed by atoms with Crippen molar-refractivity contribution in [3.05, 3.63) is 91.0 Å². The second-order valence-electron chi connectivity index (χ2n) is 8.54. The molecule has 35 heavy (non-hydrogen) atoms. The van der Waals surface area contributed by atoms with Crippen LogP contribution in [0, 0.1) is 0 Å². The van der Waals surface area contributed by atoms with Crippen molar-refractivity contribution in [1.29, 1.82) is 0 Å². The van der Waals surface area contributed by atoms with Gasteiger partial charge in [-0.3, -0.25) is 9.59 Å². The average Bonchev–Trinajstić information content (AvgIpc) is 3.52. The van der Waals surface area contributed by atoms with Crippen LogP contribution < -0.4 is 5.32 Å². The molecule has 1 aliphatic heterocycles. The molecule has 1 fully saturated rings. The van der Waals surface area contributed by atoms with Gasteiger partial charge in [0.05, 0.1) is 12.6 Å². The summed E-state index contributed by atoms with van der Waals surface area (Å²) >= 11 is 11.2. The fourth-order valence-electron chi connectivity index (χ4n) is 4.29. The highest BCUT2D eigenvalue weighted by Gasteiger charge is 2.38. The van der Waals surface area contributed by atoms with Crippen LogP contribution in [0.2, 0.25) is 5.02 Å². The lowest BCUT2D eigenvalue weighted by atomic mass is 10.0. The van der Waals surface area contributed by atoms with Crippen molar-refractivity contribution in [3.63, 3.8) is 0 Å². The molecule has 2 heterocycles. The van der Waals surface area contributed by atoms with Gasteiger partial charge in [-0.15, -0.1) is 11.3 Å². The number of benzene rings is 2. The summed E-state index contributed by atoms with van der Waals surface area (Å²) in [6, 6.07) is 17.1. The minimum Gasteiger partial charge on any atom is -0.380 e. The van der Waals surface area contributed by atoms with E-state index in [1.165, 1.54) is 11.3 Å². The van der Waals surface area contributed by atoms with Gasteiger partial charge in [-0.2, -0.15) is 0 Å². The Labute approximate surface area is 221 Å². The molecule has 3 N–H and O–H groups in total. The molecule has 0 bridgehead atoms. The van der Waals surface area contributed by atoms with Crippen LogP contribution in [0.3, 0.4) is 0 Å². The number of hydrogen-bond donors (Lipinski definition) is 3. The third kappa shape index (κ3) is 6.32. The Kier molecular flexibility index (Phi) is 8.62. The van der Waals surface area contributed by atoms with E-state index in [1.54, 1.807) is 4.90 Å². The van der Waals surface area contributed by atoms with E-state index in [1.807, 2.05) is 60.0 Å². The van der Waals surface area contributed by atoms with Crippen molar-refractivity contribution in [3.8, 4) is 0 Å². The third-order valence-corrected chi connectivity index (χ3v) is 7.93. The van der Waals surface area contributed by atoms with Gasteiger partial charge in [0.15, 0.2) is 12.2 Å². The van der Waals surface area contributed by atoms with Crippen LogP contribution in [0.15, 0.2) is 64.5 Å². The molecular weight excluding hydrogens is 552 g/mol. The van der Waals surface area contributed by atoms with Crippen molar-refractivity contribution in [2.24, 2.45) is 0 Å². The quantitative estimate of drug-likeness (QED) is 0.369. The lowest BCUT2D eigenvalue weighted by Crippen LogP contribution is -2.50. The van der Waals surface area contributed by atoms with Crippen LogP contribution in [0.5, 0.6) is 0 Å². The van der Waals surface area contributed by atoms with E-state index in [0.29, 0.717) is 18.0 Å². The number of nitrogens with one attached hydrogen (secondary N) is 1. The van der Waals surface area contributed by atoms with Crippen LogP contribution in [-0.4, -0.2) is 45.7 Å². The van der Waals surface area contributed by atoms with E-state index >= 15 is 0 Å². The summed E-state index contributed by atoms with van der Waals surface area (Å²) in [7, 11) is 0. The topological polar surface area (TPSA) is 89.9 Å². The number of rotatable bonds is 8. The fourth-order valence-corrected chi connectivity index (χ4v) is 5.74. The molecule has 0 unspecified atom stereocenters. The highest BCUT2D eigenvalue weighted by molar-refractivity contribution is 9.10. The first-order valence-electron chi connectivity index (χ1n) is 11.3. The normalized spacial score (nSPS) is 17.3. The Morgan fingerprint density at radius 3 is 2.71 bits per heavy atom. The molecule has 6 nitrogen and oxygen atoms in total. The summed E-state index contributed by atoms with van der Waals surface area (Å²) < 4.78 is 0.901. The van der Waals surface area contributed by atoms with E-state index in [-0.39, 0.29) is 12.6 Å². The number of halogens is 2. The van der Waals surface area contributed by atoms with E-state index in [2.05, 4.69) is 21.2 Å². The highest BCUT2D eigenvalue weighted by Crippen LogP contribution is 2.33. The second kappa shape index (κ2) is 11.7. The third-order valence-electron chi connectivity index (χ3n) is 6.09. The zero-order valence-electron chi connectivity index (χ0n) is 18.9. The molecule has 9 heteroatoms. The number of thiophene rings is 1. The summed E-state index contributed by atoms with van der Waals surface area (Å²) in [6.45, 7) is 0.652. The van der Waals surface area contributed by atoms with Crippen molar-refractivity contribution < 1.29 is 19.8 Å². The minimum atomic E-state index is -1.85. The smallest absolute Gasteiger partial charge is 0.255 e. The molecule has 2 amide bonds. The maximum atomic E-state index is 13.0. The maximum absolute atomic E-state index is 13.0. The van der Waals surface area contributed by atoms with E-state index in [0.717, 1.165) is 38.9 Å². The number of aliphatic hydroxyl groups is 2. The molecule has 1 aliphatic rings. The Hall–Kier alpha value is -2.23. The first-order valence-corrected chi connectivity index (χ1v) is 13.4. The fraction of sp³-hybridized carbons (Fsp3) is 0.308. The van der Waals surface area contributed by atoms with E-state index in [4.69, 9.17) is 11.6 Å². The number of nitrogens with zero attached hydrogens (tertiary/aromatic N) is 1. The summed E-state index contributed by atoms with van der Waals surface area (Å²) in [4.78, 5) is 27.9. The van der Waals surface area contributed by atoms with Crippen LogP contribution in [0.1, 0.15) is 40.5 Å². The molecule has 0 radical (unpaired) electrons. The molecule has 2 aromatic carbocycles. The van der Waals surface area contributed by atoms with Gasteiger partial charge >= 0.3 is 0 Å². The number of aliphatic hydroxyl groups excluding tert-OH is 2. The molecule has 0 saturated carbocycles. The van der Waals surface area contributed by atoms with Gasteiger partial charge < -0.3 is 20.4 Å². The standard InChI is InChI=1S/C26H26BrClN2O4S/c27-19-7-3-6-18(13-19)22-9-4-10-30(22)26(34)24(32)23(31)25(33)29-14-20-12-16(15-35-20)11-17-5-1-2-8-21(17)28/h1-3,5-8,12-13,15,22-24,31-32H,4,9-11,14H2,(H,29,33)/t22-,23-,24-/m1/s1. The van der Waals surface area contributed by atoms with Gasteiger partial charge in [0, 0.05) is 20.9 Å². The number of hydrogen-bond acceptors (Lipinski definition) is 5. The summed E-state index contributed by atoms with van der Waals surface area (Å²) in [5, 5.41) is 26.2. The number of carbonyl (C=O) groups is 2. The monoisotopic (exact) mass is 576 g/mol. The molecule has 3 aromatic rings. The Bertz CT molecular complexity index is 1200. The predicted molar refractivity (Wildman–Crippen MR) is 140 cm³/mol. The lowest BCUT2D eigenvalue weighted by Gasteiger charge is -2.28. The van der Waals surface area contributed by atoms with Crippen molar-refractivity contribution in [1.82, 2.24) is 10.2 Å². The Morgan fingerprint density at radius 2 is 1.94 bits per heavy atom. The number of likely N-dealkylation sites (tertiary alicyclic amines) is 1. The van der Waals surface area contributed by atoms with Gasteiger partial charge in [-0.1, -0.05) is 57.9 Å². The predicted octanol–water partition coefficient (Wildman–Crippen LogP) is 4.46. The molecule has 0 spiro atoms. The van der Waals surface area contributed by atoms with Gasteiger partial charge in [0.25, 0.3) is 11.8 Å². The summed E-state index contributed by atoms with van der Waals surface area (Å²) in [5.41, 5.74) is 3.03. The lowest BCUT2D eigenvalue weighted by molar-refractivity contribution is -0.153. The molecule has 0 aliphatic carbocycles. The zero-order chi connectivity index (χ0) is 24.9. The van der Waals surface area contributed by atoms with E-state index in [9.17, 15) is 19.8 Å². The first-order chi connectivity index (χ1) is 16.8. The van der Waals surface area contributed by atoms with Crippen LogP contribution in [0.25, 0.3) is 0 Å². The SMILES string of the molecule is O=C(NCc1cc(Cc2ccccc2Cl)cs1)[C@H](O)[C@@H](O)C(=O)N1CCC[C@@H]1c1cccc(Br)c1. The van der Waals surface area contributed by atoms with Gasteiger partial charge in [-0.05, 0) is 65.6 Å². The summed E-state index contributed by atoms with van der Waals surface area (Å²) in [5.74, 6) is -1.43. The molecule has 1 saturated heterocycles. The minimum absolute atomic E-state index is 0.189. The van der Waals surface area contributed by atoms with Gasteiger partial charge in [0.2, 0.25) is 0 Å². The van der Waals surface area contributed by atoms with Crippen molar-refractivity contribution in [2.75, 3.05) is 6.54 Å². The number of carbonyl (C=O) groups excluding carboxylic acids is 2. The Balaban J connectivity index is 1.32. The Morgan fingerprint density at radius 1 is 1.14 bits per heavy atom. The average molecular weight is 578 g/mol. The molecule has 4 rings (SSSR count).